The highest BCUT2D eigenvalue weighted by Gasteiger charge is 2.24. The molecule has 0 bridgehead atoms. The molecule has 2 N–H and O–H groups in total. The van der Waals surface area contributed by atoms with Crippen molar-refractivity contribution in [3.05, 3.63) is 49.0 Å². The van der Waals surface area contributed by atoms with Gasteiger partial charge in [0.2, 0.25) is 5.82 Å². The molecular weight excluding hydrogens is 428 g/mol. The summed E-state index contributed by atoms with van der Waals surface area (Å²) in [5, 5.41) is 1.89. The molecule has 2 nitrogen and oxygen atoms in total. The van der Waals surface area contributed by atoms with Gasteiger partial charge in [0, 0.05) is 25.2 Å². The van der Waals surface area contributed by atoms with Gasteiger partial charge in [-0.2, -0.15) is 4.39 Å². The predicted molar refractivity (Wildman–Crippen MR) is 87.7 cm³/mol. The van der Waals surface area contributed by atoms with Gasteiger partial charge in [-0.25, -0.2) is 4.39 Å². The second kappa shape index (κ2) is 7.17. The highest BCUT2D eigenvalue weighted by molar-refractivity contribution is 9.10. The smallest absolute Gasteiger partial charge is 0.200 e. The Kier molecular flexibility index (Phi) is 5.76. The van der Waals surface area contributed by atoms with E-state index in [1.165, 1.54) is 17.4 Å². The lowest BCUT2D eigenvalue weighted by atomic mass is 10.1. The van der Waals surface area contributed by atoms with E-state index < -0.39 is 17.7 Å². The number of thiophene rings is 1. The molecule has 0 fully saturated rings. The lowest BCUT2D eigenvalue weighted by molar-refractivity contribution is 0.165. The number of rotatable bonds is 5. The van der Waals surface area contributed by atoms with E-state index in [-0.39, 0.29) is 11.8 Å². The monoisotopic (exact) mass is 439 g/mol. The third-order valence-corrected chi connectivity index (χ3v) is 5.15. The number of hydrogen-bond donors (Lipinski definition) is 1. The highest BCUT2D eigenvalue weighted by Crippen LogP contribution is 2.34. The van der Waals surface area contributed by atoms with Gasteiger partial charge in [0.1, 0.15) is 6.10 Å². The van der Waals surface area contributed by atoms with Gasteiger partial charge in [-0.15, -0.1) is 11.3 Å². The number of benzene rings is 1. The molecule has 1 heterocycles. The van der Waals surface area contributed by atoms with Crippen molar-refractivity contribution >= 4 is 43.2 Å². The van der Waals surface area contributed by atoms with E-state index in [1.54, 1.807) is 0 Å². The summed E-state index contributed by atoms with van der Waals surface area (Å²) in [6.45, 7) is 1.92. The molecule has 0 saturated heterocycles. The zero-order chi connectivity index (χ0) is 15.6. The fraction of sp³-hybridized carbons (Fsp3) is 0.286. The average Bonchev–Trinajstić information content (AvgIpc) is 2.86. The first-order valence-corrected chi connectivity index (χ1v) is 8.69. The number of nitrogens with two attached hydrogens (primary N) is 1. The number of halogens is 4. The maximum atomic E-state index is 13.9. The van der Waals surface area contributed by atoms with Gasteiger partial charge in [0.05, 0.1) is 0 Å². The molecule has 2 aromatic rings. The quantitative estimate of drug-likeness (QED) is 0.631. The van der Waals surface area contributed by atoms with Gasteiger partial charge in [0.15, 0.2) is 11.6 Å². The minimum Gasteiger partial charge on any atom is -0.480 e. The fourth-order valence-electron chi connectivity index (χ4n) is 1.80. The molecule has 1 aromatic heterocycles. The topological polar surface area (TPSA) is 35.2 Å². The zero-order valence-electron chi connectivity index (χ0n) is 11.1. The van der Waals surface area contributed by atoms with Crippen molar-refractivity contribution in [1.29, 1.82) is 0 Å². The van der Waals surface area contributed by atoms with Gasteiger partial charge >= 0.3 is 0 Å². The SMILES string of the molecule is CCC(N)C(Oc1cc(Br)cc(F)c1F)c1cc(Br)cs1. The van der Waals surface area contributed by atoms with Gasteiger partial charge in [-0.1, -0.05) is 22.9 Å². The van der Waals surface area contributed by atoms with Crippen molar-refractivity contribution < 1.29 is 13.5 Å². The van der Waals surface area contributed by atoms with Crippen molar-refractivity contribution in [3.63, 3.8) is 0 Å². The molecule has 0 radical (unpaired) electrons. The average molecular weight is 441 g/mol. The fourth-order valence-corrected chi connectivity index (χ4v) is 3.76. The summed E-state index contributed by atoms with van der Waals surface area (Å²) < 4.78 is 34.3. The maximum absolute atomic E-state index is 13.9. The molecule has 1 aromatic carbocycles. The molecular formula is C14H13Br2F2NOS. The molecule has 0 saturated carbocycles. The third kappa shape index (κ3) is 4.03. The molecule has 2 unspecified atom stereocenters. The summed E-state index contributed by atoms with van der Waals surface area (Å²) in [7, 11) is 0. The second-order valence-electron chi connectivity index (χ2n) is 4.48. The van der Waals surface area contributed by atoms with Crippen LogP contribution in [0.15, 0.2) is 32.5 Å². The largest absolute Gasteiger partial charge is 0.480 e. The summed E-state index contributed by atoms with van der Waals surface area (Å²) in [4.78, 5) is 0.857. The lowest BCUT2D eigenvalue weighted by Gasteiger charge is -2.23. The molecule has 0 aliphatic carbocycles. The van der Waals surface area contributed by atoms with Crippen LogP contribution in [0.25, 0.3) is 0 Å². The molecule has 0 aliphatic rings. The minimum atomic E-state index is -1.01. The summed E-state index contributed by atoms with van der Waals surface area (Å²) in [5.41, 5.74) is 6.07. The van der Waals surface area contributed by atoms with E-state index in [9.17, 15) is 8.78 Å². The van der Waals surface area contributed by atoms with Gasteiger partial charge < -0.3 is 10.5 Å². The zero-order valence-corrected chi connectivity index (χ0v) is 15.1. The van der Waals surface area contributed by atoms with Crippen LogP contribution >= 0.6 is 43.2 Å². The van der Waals surface area contributed by atoms with Crippen LogP contribution in [-0.2, 0) is 0 Å². The molecule has 0 amide bonds. The second-order valence-corrected chi connectivity index (χ2v) is 7.25. The van der Waals surface area contributed by atoms with Crippen LogP contribution in [0.4, 0.5) is 8.78 Å². The summed E-state index contributed by atoms with van der Waals surface area (Å²) in [6.07, 6.45) is 0.118. The Hall–Kier alpha value is -0.500. The standard InChI is InChI=1S/C14H13Br2F2NOS/c1-2-10(19)14(12-5-8(16)6-21-12)20-11-4-7(15)3-9(17)13(11)18/h3-6,10,14H,2,19H2,1H3. The van der Waals surface area contributed by atoms with Crippen LogP contribution in [0.1, 0.15) is 24.3 Å². The van der Waals surface area contributed by atoms with Crippen LogP contribution in [-0.4, -0.2) is 6.04 Å². The molecule has 2 rings (SSSR count). The van der Waals surface area contributed by atoms with Crippen molar-refractivity contribution in [2.75, 3.05) is 0 Å². The summed E-state index contributed by atoms with van der Waals surface area (Å²) >= 11 is 7.95. The molecule has 0 spiro atoms. The van der Waals surface area contributed by atoms with Crippen LogP contribution < -0.4 is 10.5 Å². The van der Waals surface area contributed by atoms with Crippen LogP contribution in [0.2, 0.25) is 0 Å². The van der Waals surface area contributed by atoms with Crippen molar-refractivity contribution in [2.24, 2.45) is 5.73 Å². The van der Waals surface area contributed by atoms with Crippen LogP contribution in [0.5, 0.6) is 5.75 Å². The van der Waals surface area contributed by atoms with E-state index in [1.807, 2.05) is 18.4 Å². The first-order chi connectivity index (χ1) is 9.92. The molecule has 114 valence electrons. The first-order valence-electron chi connectivity index (χ1n) is 6.23. The van der Waals surface area contributed by atoms with E-state index in [0.29, 0.717) is 10.9 Å². The lowest BCUT2D eigenvalue weighted by Crippen LogP contribution is -2.31. The molecule has 21 heavy (non-hydrogen) atoms. The molecule has 2 atom stereocenters. The van der Waals surface area contributed by atoms with Crippen molar-refractivity contribution in [2.45, 2.75) is 25.5 Å². The third-order valence-electron chi connectivity index (χ3n) is 2.94. The Morgan fingerprint density at radius 3 is 2.52 bits per heavy atom. The normalized spacial score (nSPS) is 14.0. The molecule has 7 heteroatoms. The Balaban J connectivity index is 2.36. The van der Waals surface area contributed by atoms with Gasteiger partial charge in [-0.3, -0.25) is 0 Å². The number of ether oxygens (including phenoxy) is 1. The number of hydrogen-bond acceptors (Lipinski definition) is 3. The Labute approximate surface area is 142 Å². The van der Waals surface area contributed by atoms with Crippen molar-refractivity contribution in [3.8, 4) is 5.75 Å². The predicted octanol–water partition coefficient (Wildman–Crippen LogP) is 5.41. The van der Waals surface area contributed by atoms with E-state index in [4.69, 9.17) is 10.5 Å². The van der Waals surface area contributed by atoms with E-state index in [2.05, 4.69) is 31.9 Å². The Bertz CT molecular complexity index is 635. The van der Waals surface area contributed by atoms with Crippen LogP contribution in [0, 0.1) is 11.6 Å². The Morgan fingerprint density at radius 2 is 1.95 bits per heavy atom. The van der Waals surface area contributed by atoms with E-state index in [0.717, 1.165) is 15.4 Å². The van der Waals surface area contributed by atoms with Gasteiger partial charge in [-0.05, 0) is 40.5 Å². The minimum absolute atomic E-state index is 0.153. The molecule has 0 aliphatic heterocycles. The maximum Gasteiger partial charge on any atom is 0.200 e. The summed E-state index contributed by atoms with van der Waals surface area (Å²) in [5.74, 6) is -2.13. The summed E-state index contributed by atoms with van der Waals surface area (Å²) in [6, 6.07) is 4.00. The van der Waals surface area contributed by atoms with Crippen molar-refractivity contribution in [1.82, 2.24) is 0 Å². The van der Waals surface area contributed by atoms with Crippen LogP contribution in [0.3, 0.4) is 0 Å². The Morgan fingerprint density at radius 1 is 1.24 bits per heavy atom. The first kappa shape index (κ1) is 16.9. The van der Waals surface area contributed by atoms with Gasteiger partial charge in [0.25, 0.3) is 0 Å². The van der Waals surface area contributed by atoms with E-state index >= 15 is 0 Å². The highest BCUT2D eigenvalue weighted by atomic mass is 79.9.